The lowest BCUT2D eigenvalue weighted by Crippen LogP contribution is -2.43. The molecule has 2 aliphatic heterocycles. The number of anilines is 1. The SMILES string of the molecule is Cc1cc(NC(=O)c2ccco2)sc1C(=O)N1CCCC(C2OCCO2)C1. The second-order valence-corrected chi connectivity index (χ2v) is 7.87. The van der Waals surface area contributed by atoms with E-state index in [2.05, 4.69) is 5.32 Å². The third-order valence-electron chi connectivity index (χ3n) is 4.87. The molecule has 8 heteroatoms. The van der Waals surface area contributed by atoms with Crippen molar-refractivity contribution in [3.8, 4) is 0 Å². The monoisotopic (exact) mass is 390 g/mol. The molecule has 0 bridgehead atoms. The Hall–Kier alpha value is -2.16. The van der Waals surface area contributed by atoms with Crippen molar-refractivity contribution in [3.63, 3.8) is 0 Å². The molecule has 1 unspecified atom stereocenters. The lowest BCUT2D eigenvalue weighted by atomic mass is 9.97. The van der Waals surface area contributed by atoms with Crippen LogP contribution in [-0.4, -0.2) is 49.3 Å². The molecule has 0 spiro atoms. The number of hydrogen-bond donors (Lipinski definition) is 1. The zero-order valence-electron chi connectivity index (χ0n) is 15.1. The average Bonchev–Trinajstić information content (AvgIpc) is 3.43. The predicted octanol–water partition coefficient (Wildman–Crippen LogP) is 3.13. The molecule has 2 fully saturated rings. The van der Waals surface area contributed by atoms with Crippen LogP contribution < -0.4 is 5.32 Å². The first-order valence-electron chi connectivity index (χ1n) is 9.09. The Bertz CT molecular complexity index is 810. The van der Waals surface area contributed by atoms with Crippen molar-refractivity contribution in [2.24, 2.45) is 5.92 Å². The summed E-state index contributed by atoms with van der Waals surface area (Å²) >= 11 is 1.29. The van der Waals surface area contributed by atoms with Crippen molar-refractivity contribution < 1.29 is 23.5 Å². The number of carbonyl (C=O) groups excluding carboxylic acids is 2. The van der Waals surface area contributed by atoms with E-state index < -0.39 is 0 Å². The lowest BCUT2D eigenvalue weighted by Gasteiger charge is -2.34. The Morgan fingerprint density at radius 3 is 2.85 bits per heavy atom. The molecule has 2 aliphatic rings. The van der Waals surface area contributed by atoms with Gasteiger partial charge in [0, 0.05) is 19.0 Å². The number of nitrogens with zero attached hydrogens (tertiary/aromatic N) is 1. The summed E-state index contributed by atoms with van der Waals surface area (Å²) in [5.41, 5.74) is 0.857. The molecule has 7 nitrogen and oxygen atoms in total. The predicted molar refractivity (Wildman–Crippen MR) is 100 cm³/mol. The number of thiophene rings is 1. The molecule has 4 heterocycles. The quantitative estimate of drug-likeness (QED) is 0.867. The van der Waals surface area contributed by atoms with Gasteiger partial charge in [-0.25, -0.2) is 0 Å². The zero-order valence-corrected chi connectivity index (χ0v) is 15.9. The largest absolute Gasteiger partial charge is 0.459 e. The van der Waals surface area contributed by atoms with Crippen LogP contribution in [0.2, 0.25) is 0 Å². The van der Waals surface area contributed by atoms with Crippen LogP contribution >= 0.6 is 11.3 Å². The molecule has 27 heavy (non-hydrogen) atoms. The maximum absolute atomic E-state index is 13.0. The van der Waals surface area contributed by atoms with Crippen LogP contribution in [0.3, 0.4) is 0 Å². The Morgan fingerprint density at radius 2 is 2.11 bits per heavy atom. The van der Waals surface area contributed by atoms with Gasteiger partial charge < -0.3 is 24.1 Å². The lowest BCUT2D eigenvalue weighted by molar-refractivity contribution is -0.0969. The third kappa shape index (κ3) is 3.92. The summed E-state index contributed by atoms with van der Waals surface area (Å²) in [5.74, 6) is 0.125. The summed E-state index contributed by atoms with van der Waals surface area (Å²) in [6.07, 6.45) is 3.19. The van der Waals surface area contributed by atoms with E-state index >= 15 is 0 Å². The molecule has 1 N–H and O–H groups in total. The molecule has 2 aromatic heterocycles. The maximum atomic E-state index is 13.0. The molecule has 0 saturated carbocycles. The topological polar surface area (TPSA) is 81.0 Å². The van der Waals surface area contributed by atoms with Crippen LogP contribution in [0.4, 0.5) is 5.00 Å². The molecule has 1 atom stereocenters. The summed E-state index contributed by atoms with van der Waals surface area (Å²) < 4.78 is 16.3. The van der Waals surface area contributed by atoms with Gasteiger partial charge in [-0.1, -0.05) is 0 Å². The Kier molecular flexibility index (Phi) is 5.29. The molecule has 2 amide bonds. The minimum Gasteiger partial charge on any atom is -0.459 e. The van der Waals surface area contributed by atoms with Crippen LogP contribution in [0, 0.1) is 12.8 Å². The first kappa shape index (κ1) is 18.2. The van der Waals surface area contributed by atoms with Gasteiger partial charge in [0.25, 0.3) is 11.8 Å². The number of likely N-dealkylation sites (tertiary alicyclic amines) is 1. The van der Waals surface area contributed by atoms with Crippen LogP contribution in [0.25, 0.3) is 0 Å². The van der Waals surface area contributed by atoms with Crippen molar-refractivity contribution >= 4 is 28.2 Å². The van der Waals surface area contributed by atoms with E-state index in [4.69, 9.17) is 13.9 Å². The van der Waals surface area contributed by atoms with E-state index in [9.17, 15) is 9.59 Å². The van der Waals surface area contributed by atoms with E-state index in [-0.39, 0.29) is 29.8 Å². The highest BCUT2D eigenvalue weighted by Gasteiger charge is 2.33. The molecule has 4 rings (SSSR count). The standard InChI is InChI=1S/C19H22N2O5S/c1-12-10-15(20-17(22)14-5-3-7-24-14)27-16(12)18(23)21-6-2-4-13(11-21)19-25-8-9-26-19/h3,5,7,10,13,19H,2,4,6,8-9,11H2,1H3,(H,20,22). The van der Waals surface area contributed by atoms with Crippen LogP contribution in [0.1, 0.15) is 38.6 Å². The highest BCUT2D eigenvalue weighted by Crippen LogP contribution is 2.31. The van der Waals surface area contributed by atoms with Gasteiger partial charge in [0.05, 0.1) is 29.4 Å². The van der Waals surface area contributed by atoms with E-state index in [1.54, 1.807) is 12.1 Å². The minimum absolute atomic E-state index is 0.00121. The highest BCUT2D eigenvalue weighted by atomic mass is 32.1. The Morgan fingerprint density at radius 1 is 1.30 bits per heavy atom. The van der Waals surface area contributed by atoms with Crippen molar-refractivity contribution in [1.29, 1.82) is 0 Å². The molecular weight excluding hydrogens is 368 g/mol. The van der Waals surface area contributed by atoms with Gasteiger partial charge in [-0.15, -0.1) is 11.3 Å². The maximum Gasteiger partial charge on any atom is 0.291 e. The molecule has 2 saturated heterocycles. The number of carbonyl (C=O) groups is 2. The first-order chi connectivity index (χ1) is 13.1. The Balaban J connectivity index is 1.43. The van der Waals surface area contributed by atoms with Crippen LogP contribution in [-0.2, 0) is 9.47 Å². The first-order valence-corrected chi connectivity index (χ1v) is 9.91. The second-order valence-electron chi connectivity index (χ2n) is 6.82. The van der Waals surface area contributed by atoms with Gasteiger partial charge in [0.15, 0.2) is 12.1 Å². The number of piperidine rings is 1. The second kappa shape index (κ2) is 7.84. The van der Waals surface area contributed by atoms with Gasteiger partial charge in [0.1, 0.15) is 0 Å². The van der Waals surface area contributed by atoms with Gasteiger partial charge >= 0.3 is 0 Å². The summed E-state index contributed by atoms with van der Waals surface area (Å²) in [6.45, 7) is 4.50. The van der Waals surface area contributed by atoms with Crippen molar-refractivity contribution in [3.05, 3.63) is 40.7 Å². The Labute approximate surface area is 161 Å². The minimum atomic E-state index is -0.325. The fourth-order valence-electron chi connectivity index (χ4n) is 3.55. The number of ether oxygens (including phenoxy) is 2. The fraction of sp³-hybridized carbons (Fsp3) is 0.474. The van der Waals surface area contributed by atoms with Crippen LogP contribution in [0.5, 0.6) is 0 Å². The van der Waals surface area contributed by atoms with Crippen molar-refractivity contribution in [2.75, 3.05) is 31.6 Å². The van der Waals surface area contributed by atoms with Gasteiger partial charge in [0.2, 0.25) is 0 Å². The molecule has 0 aromatic carbocycles. The molecule has 0 aliphatic carbocycles. The fourth-order valence-corrected chi connectivity index (χ4v) is 4.58. The van der Waals surface area contributed by atoms with Gasteiger partial charge in [-0.2, -0.15) is 0 Å². The molecule has 0 radical (unpaired) electrons. The van der Waals surface area contributed by atoms with Crippen LogP contribution in [0.15, 0.2) is 28.9 Å². The van der Waals surface area contributed by atoms with E-state index in [0.29, 0.717) is 29.6 Å². The summed E-state index contributed by atoms with van der Waals surface area (Å²) in [7, 11) is 0. The highest BCUT2D eigenvalue weighted by molar-refractivity contribution is 7.18. The summed E-state index contributed by atoms with van der Waals surface area (Å²) in [6, 6.07) is 5.08. The average molecular weight is 390 g/mol. The number of amides is 2. The van der Waals surface area contributed by atoms with E-state index in [0.717, 1.165) is 24.9 Å². The number of furan rings is 1. The summed E-state index contributed by atoms with van der Waals surface area (Å²) in [4.78, 5) is 27.7. The zero-order chi connectivity index (χ0) is 18.8. The third-order valence-corrected chi connectivity index (χ3v) is 6.01. The normalized spacial score (nSPS) is 20.8. The van der Waals surface area contributed by atoms with Gasteiger partial charge in [-0.3, -0.25) is 9.59 Å². The van der Waals surface area contributed by atoms with E-state index in [1.807, 2.05) is 17.9 Å². The number of rotatable bonds is 4. The smallest absolute Gasteiger partial charge is 0.291 e. The molecule has 144 valence electrons. The van der Waals surface area contributed by atoms with Gasteiger partial charge in [-0.05, 0) is 43.5 Å². The molecule has 2 aromatic rings. The molecular formula is C19H22N2O5S. The number of nitrogens with one attached hydrogen (secondary N) is 1. The van der Waals surface area contributed by atoms with E-state index in [1.165, 1.54) is 17.6 Å². The van der Waals surface area contributed by atoms with Crippen molar-refractivity contribution in [2.45, 2.75) is 26.1 Å². The number of hydrogen-bond acceptors (Lipinski definition) is 6. The summed E-state index contributed by atoms with van der Waals surface area (Å²) in [5, 5.41) is 3.42. The number of aryl methyl sites for hydroxylation is 1. The van der Waals surface area contributed by atoms with Crippen molar-refractivity contribution in [1.82, 2.24) is 4.90 Å².